The van der Waals surface area contributed by atoms with Gasteiger partial charge < -0.3 is 20.6 Å². The highest BCUT2D eigenvalue weighted by Crippen LogP contribution is 2.34. The van der Waals surface area contributed by atoms with Crippen LogP contribution in [0.25, 0.3) is 11.1 Å². The zero-order valence-electron chi connectivity index (χ0n) is 21.9. The minimum absolute atomic E-state index is 0.0420. The summed E-state index contributed by atoms with van der Waals surface area (Å²) in [6.45, 7) is 2.68. The number of carbonyl (C=O) groups excluding carboxylic acids is 1. The molecule has 1 amide bonds. The Hall–Kier alpha value is -3.80. The Bertz CT molecular complexity index is 1260. The number of piperidine rings is 1. The number of carbonyl (C=O) groups is 2. The normalized spacial score (nSPS) is 15.8. The molecule has 5 rings (SSSR count). The lowest BCUT2D eigenvalue weighted by Gasteiger charge is -2.34. The number of anilines is 2. The molecular weight excluding hydrogens is 474 g/mol. The molecule has 3 aromatic rings. The second-order valence-electron chi connectivity index (χ2n) is 10.8. The van der Waals surface area contributed by atoms with Crippen molar-refractivity contribution in [2.75, 3.05) is 30.3 Å². The van der Waals surface area contributed by atoms with Crippen LogP contribution in [-0.2, 0) is 22.6 Å². The Labute approximate surface area is 225 Å². The molecule has 0 spiro atoms. The van der Waals surface area contributed by atoms with Crippen LogP contribution >= 0.6 is 0 Å². The zero-order valence-corrected chi connectivity index (χ0v) is 21.9. The molecule has 3 N–H and O–H groups in total. The number of nitrogens with two attached hydrogens (primary N) is 1. The third-order valence-electron chi connectivity index (χ3n) is 7.82. The third-order valence-corrected chi connectivity index (χ3v) is 7.82. The summed E-state index contributed by atoms with van der Waals surface area (Å²) in [5.74, 6) is -0.0532. The Morgan fingerprint density at radius 3 is 2.26 bits per heavy atom. The number of nitrogen functional groups attached to an aromatic ring is 1. The average molecular weight is 512 g/mol. The minimum atomic E-state index is -0.886. The van der Waals surface area contributed by atoms with Gasteiger partial charge >= 0.3 is 5.97 Å². The van der Waals surface area contributed by atoms with Gasteiger partial charge in [0, 0.05) is 32.1 Å². The van der Waals surface area contributed by atoms with E-state index in [1.165, 1.54) is 5.56 Å². The van der Waals surface area contributed by atoms with Crippen LogP contribution < -0.4 is 10.6 Å². The van der Waals surface area contributed by atoms with E-state index in [0.717, 1.165) is 73.3 Å². The SMILES string of the molecule is Nc1cc(-c2cccc(CN(CCC(=O)O)C(=O)C3CC3)c2)ccc1N1CCC(Cc2ccccc2)CC1. The van der Waals surface area contributed by atoms with E-state index in [9.17, 15) is 9.59 Å². The molecule has 1 saturated heterocycles. The van der Waals surface area contributed by atoms with Crippen molar-refractivity contribution in [2.24, 2.45) is 11.8 Å². The molecule has 2 fully saturated rings. The summed E-state index contributed by atoms with van der Waals surface area (Å²) in [6, 6.07) is 25.2. The van der Waals surface area contributed by atoms with Gasteiger partial charge in [-0.05, 0) is 78.5 Å². The molecule has 1 heterocycles. The van der Waals surface area contributed by atoms with Crippen LogP contribution in [0.1, 0.15) is 43.2 Å². The molecule has 1 aliphatic heterocycles. The van der Waals surface area contributed by atoms with Crippen LogP contribution in [0.3, 0.4) is 0 Å². The first-order chi connectivity index (χ1) is 18.5. The molecule has 1 saturated carbocycles. The molecule has 2 aliphatic rings. The second-order valence-corrected chi connectivity index (χ2v) is 10.8. The molecule has 6 heteroatoms. The first-order valence-corrected chi connectivity index (χ1v) is 13.7. The summed E-state index contributed by atoms with van der Waals surface area (Å²) < 4.78 is 0. The smallest absolute Gasteiger partial charge is 0.305 e. The lowest BCUT2D eigenvalue weighted by atomic mass is 9.90. The van der Waals surface area contributed by atoms with Crippen molar-refractivity contribution in [1.29, 1.82) is 0 Å². The number of carboxylic acid groups (broad SMARTS) is 1. The van der Waals surface area contributed by atoms with Crippen molar-refractivity contribution in [1.82, 2.24) is 4.90 Å². The first-order valence-electron chi connectivity index (χ1n) is 13.7. The fourth-order valence-corrected chi connectivity index (χ4v) is 5.50. The van der Waals surface area contributed by atoms with Gasteiger partial charge in [-0.2, -0.15) is 0 Å². The van der Waals surface area contributed by atoms with Crippen LogP contribution in [0, 0.1) is 11.8 Å². The number of rotatable bonds is 10. The molecule has 0 atom stereocenters. The topological polar surface area (TPSA) is 86.9 Å². The number of nitrogens with zero attached hydrogens (tertiary/aromatic N) is 2. The van der Waals surface area contributed by atoms with E-state index in [4.69, 9.17) is 10.8 Å². The van der Waals surface area contributed by atoms with Crippen molar-refractivity contribution in [3.63, 3.8) is 0 Å². The Morgan fingerprint density at radius 2 is 1.58 bits per heavy atom. The highest BCUT2D eigenvalue weighted by Gasteiger charge is 2.33. The number of benzene rings is 3. The van der Waals surface area contributed by atoms with E-state index < -0.39 is 5.97 Å². The summed E-state index contributed by atoms with van der Waals surface area (Å²) in [5.41, 5.74) is 12.9. The van der Waals surface area contributed by atoms with Gasteiger partial charge in [0.25, 0.3) is 0 Å². The Kier molecular flexibility index (Phi) is 7.97. The molecule has 1 aliphatic carbocycles. The number of aliphatic carboxylic acids is 1. The predicted molar refractivity (Wildman–Crippen MR) is 152 cm³/mol. The standard InChI is InChI=1S/C32H37N3O3/c33-29-21-28(11-12-30(29)34-16-13-24(14-17-34)19-23-5-2-1-3-6-23)27-8-4-7-25(20-27)22-35(18-15-31(36)37)32(38)26-9-10-26/h1-8,11-12,20-21,24,26H,9-10,13-19,22,33H2,(H,36,37). The number of carboxylic acids is 1. The quantitative estimate of drug-likeness (QED) is 0.346. The van der Waals surface area contributed by atoms with Crippen molar-refractivity contribution < 1.29 is 14.7 Å². The van der Waals surface area contributed by atoms with Crippen LogP contribution in [-0.4, -0.2) is 41.5 Å². The van der Waals surface area contributed by atoms with Gasteiger partial charge in [-0.25, -0.2) is 0 Å². The van der Waals surface area contributed by atoms with Crippen molar-refractivity contribution in [3.05, 3.63) is 83.9 Å². The lowest BCUT2D eigenvalue weighted by Crippen LogP contribution is -2.34. The Morgan fingerprint density at radius 1 is 0.868 bits per heavy atom. The summed E-state index contributed by atoms with van der Waals surface area (Å²) in [6.07, 6.45) is 5.22. The molecule has 0 radical (unpaired) electrons. The second kappa shape index (κ2) is 11.7. The average Bonchev–Trinajstić information content (AvgIpc) is 3.78. The number of amides is 1. The molecule has 198 valence electrons. The molecule has 6 nitrogen and oxygen atoms in total. The summed E-state index contributed by atoms with van der Waals surface area (Å²) in [7, 11) is 0. The van der Waals surface area contributed by atoms with E-state index in [2.05, 4.69) is 59.5 Å². The van der Waals surface area contributed by atoms with Crippen LogP contribution in [0.5, 0.6) is 0 Å². The van der Waals surface area contributed by atoms with Gasteiger partial charge in [0.15, 0.2) is 0 Å². The summed E-state index contributed by atoms with van der Waals surface area (Å²) in [5, 5.41) is 9.12. The van der Waals surface area contributed by atoms with Crippen LogP contribution in [0.15, 0.2) is 72.8 Å². The van der Waals surface area contributed by atoms with Gasteiger partial charge in [-0.15, -0.1) is 0 Å². The van der Waals surface area contributed by atoms with Crippen molar-refractivity contribution >= 4 is 23.3 Å². The molecule has 38 heavy (non-hydrogen) atoms. The molecule has 0 aromatic heterocycles. The van der Waals surface area contributed by atoms with Gasteiger partial charge in [0.05, 0.1) is 17.8 Å². The van der Waals surface area contributed by atoms with Crippen molar-refractivity contribution in [2.45, 2.75) is 45.1 Å². The van der Waals surface area contributed by atoms with Crippen molar-refractivity contribution in [3.8, 4) is 11.1 Å². The van der Waals surface area contributed by atoms with E-state index in [1.807, 2.05) is 18.2 Å². The Balaban J connectivity index is 1.23. The predicted octanol–water partition coefficient (Wildman–Crippen LogP) is 5.61. The maximum atomic E-state index is 12.7. The van der Waals surface area contributed by atoms with E-state index >= 15 is 0 Å². The fraction of sp³-hybridized carbons (Fsp3) is 0.375. The lowest BCUT2D eigenvalue weighted by molar-refractivity contribution is -0.139. The minimum Gasteiger partial charge on any atom is -0.481 e. The first kappa shape index (κ1) is 25.8. The zero-order chi connectivity index (χ0) is 26.5. The van der Waals surface area contributed by atoms with E-state index in [1.54, 1.807) is 4.90 Å². The summed E-state index contributed by atoms with van der Waals surface area (Å²) >= 11 is 0. The third kappa shape index (κ3) is 6.55. The molecule has 0 unspecified atom stereocenters. The van der Waals surface area contributed by atoms with Gasteiger partial charge in [-0.3, -0.25) is 9.59 Å². The van der Waals surface area contributed by atoms with Gasteiger partial charge in [0.1, 0.15) is 0 Å². The monoisotopic (exact) mass is 511 g/mol. The van der Waals surface area contributed by atoms with E-state index in [-0.39, 0.29) is 24.8 Å². The number of hydrogen-bond donors (Lipinski definition) is 2. The van der Waals surface area contributed by atoms with Crippen LogP contribution in [0.2, 0.25) is 0 Å². The maximum Gasteiger partial charge on any atom is 0.305 e. The number of hydrogen-bond acceptors (Lipinski definition) is 4. The highest BCUT2D eigenvalue weighted by atomic mass is 16.4. The van der Waals surface area contributed by atoms with Crippen LogP contribution in [0.4, 0.5) is 11.4 Å². The molecule has 3 aromatic carbocycles. The largest absolute Gasteiger partial charge is 0.481 e. The van der Waals surface area contributed by atoms with Gasteiger partial charge in [0.2, 0.25) is 5.91 Å². The molecule has 0 bridgehead atoms. The van der Waals surface area contributed by atoms with E-state index in [0.29, 0.717) is 12.5 Å². The maximum absolute atomic E-state index is 12.7. The van der Waals surface area contributed by atoms with Gasteiger partial charge in [-0.1, -0.05) is 54.6 Å². The fourth-order valence-electron chi connectivity index (χ4n) is 5.50. The summed E-state index contributed by atoms with van der Waals surface area (Å²) in [4.78, 5) is 27.9. The highest BCUT2D eigenvalue weighted by molar-refractivity contribution is 5.82. The molecular formula is C32H37N3O3.